The molecule has 0 radical (unpaired) electrons. The monoisotopic (exact) mass is 368 g/mol. The quantitative estimate of drug-likeness (QED) is 0.418. The minimum atomic E-state index is 0.851. The van der Waals surface area contributed by atoms with Crippen LogP contribution in [0.4, 0.5) is 0 Å². The van der Waals surface area contributed by atoms with Gasteiger partial charge in [-0.15, -0.1) is 0 Å². The molecule has 4 rings (SSSR count). The molecule has 0 unspecified atom stereocenters. The van der Waals surface area contributed by atoms with Gasteiger partial charge in [0.1, 0.15) is 5.82 Å². The van der Waals surface area contributed by atoms with Gasteiger partial charge in [0.25, 0.3) is 0 Å². The standard InChI is InChI=1S/C26H28N2/c1-17-10-6-7-11-22(17)15-26-27-24-12-8-9-13-25(24)28(26)16-23-20(4)18(2)14-19(3)21(23)5/h6-14H,15-16H2,1-5H3. The van der Waals surface area contributed by atoms with E-state index in [2.05, 4.69) is 93.8 Å². The molecule has 4 aromatic rings. The van der Waals surface area contributed by atoms with Crippen molar-refractivity contribution in [2.24, 2.45) is 0 Å². The summed E-state index contributed by atoms with van der Waals surface area (Å²) >= 11 is 0. The predicted molar refractivity (Wildman–Crippen MR) is 118 cm³/mol. The van der Waals surface area contributed by atoms with E-state index in [0.29, 0.717) is 0 Å². The molecule has 0 spiro atoms. The third kappa shape index (κ3) is 3.24. The Labute approximate surface area is 167 Å². The molecule has 2 heteroatoms. The largest absolute Gasteiger partial charge is 0.323 e. The number of hydrogen-bond acceptors (Lipinski definition) is 1. The van der Waals surface area contributed by atoms with Crippen LogP contribution in [0.1, 0.15) is 44.8 Å². The number of aryl methyl sites for hydroxylation is 3. The summed E-state index contributed by atoms with van der Waals surface area (Å²) in [6, 6.07) is 19.4. The highest BCUT2D eigenvalue weighted by Gasteiger charge is 2.15. The van der Waals surface area contributed by atoms with Gasteiger partial charge in [-0.3, -0.25) is 0 Å². The number of nitrogens with zero attached hydrogens (tertiary/aromatic N) is 2. The smallest absolute Gasteiger partial charge is 0.114 e. The molecule has 0 saturated carbocycles. The highest BCUT2D eigenvalue weighted by Crippen LogP contribution is 2.26. The first-order valence-electron chi connectivity index (χ1n) is 10.0. The number of imidazole rings is 1. The highest BCUT2D eigenvalue weighted by molar-refractivity contribution is 5.76. The summed E-state index contributed by atoms with van der Waals surface area (Å²) in [7, 11) is 0. The molecule has 1 heterocycles. The van der Waals surface area contributed by atoms with Crippen molar-refractivity contribution in [1.29, 1.82) is 0 Å². The average molecular weight is 369 g/mol. The Kier molecular flexibility index (Phi) is 4.80. The van der Waals surface area contributed by atoms with Crippen molar-refractivity contribution in [3.05, 3.63) is 99.4 Å². The second-order valence-corrected chi connectivity index (χ2v) is 7.95. The summed E-state index contributed by atoms with van der Waals surface area (Å²) < 4.78 is 2.41. The maximum atomic E-state index is 5.01. The van der Waals surface area contributed by atoms with Crippen molar-refractivity contribution in [2.75, 3.05) is 0 Å². The minimum absolute atomic E-state index is 0.851. The number of fused-ring (bicyclic) bond motifs is 1. The van der Waals surface area contributed by atoms with Crippen LogP contribution in [0.5, 0.6) is 0 Å². The van der Waals surface area contributed by atoms with Gasteiger partial charge in [0.05, 0.1) is 11.0 Å². The van der Waals surface area contributed by atoms with Gasteiger partial charge in [-0.2, -0.15) is 0 Å². The Morgan fingerprint density at radius 3 is 2.11 bits per heavy atom. The van der Waals surface area contributed by atoms with Gasteiger partial charge in [0, 0.05) is 13.0 Å². The van der Waals surface area contributed by atoms with Crippen molar-refractivity contribution < 1.29 is 0 Å². The van der Waals surface area contributed by atoms with Crippen molar-refractivity contribution in [2.45, 2.75) is 47.6 Å². The molecule has 0 aliphatic rings. The Morgan fingerprint density at radius 1 is 0.750 bits per heavy atom. The summed E-state index contributed by atoms with van der Waals surface area (Å²) in [6.45, 7) is 12.0. The Balaban J connectivity index is 1.86. The first kappa shape index (κ1) is 18.5. The van der Waals surface area contributed by atoms with Gasteiger partial charge in [0.15, 0.2) is 0 Å². The van der Waals surface area contributed by atoms with Crippen LogP contribution >= 0.6 is 0 Å². The van der Waals surface area contributed by atoms with Crippen LogP contribution in [0.25, 0.3) is 11.0 Å². The fourth-order valence-electron chi connectivity index (χ4n) is 4.11. The van der Waals surface area contributed by atoms with Crippen molar-refractivity contribution in [3.8, 4) is 0 Å². The summed E-state index contributed by atoms with van der Waals surface area (Å²) in [5, 5.41) is 0. The molecule has 3 aromatic carbocycles. The number of para-hydroxylation sites is 2. The zero-order chi connectivity index (χ0) is 19.8. The fourth-order valence-corrected chi connectivity index (χ4v) is 4.11. The van der Waals surface area contributed by atoms with Crippen LogP contribution in [0.3, 0.4) is 0 Å². The predicted octanol–water partition coefficient (Wildman–Crippen LogP) is 6.22. The van der Waals surface area contributed by atoms with Crippen LogP contribution in [0, 0.1) is 34.6 Å². The molecule has 0 aliphatic heterocycles. The lowest BCUT2D eigenvalue weighted by molar-refractivity contribution is 0.752. The Bertz CT molecular complexity index is 1140. The van der Waals surface area contributed by atoms with E-state index in [1.165, 1.54) is 44.5 Å². The summed E-state index contributed by atoms with van der Waals surface area (Å²) in [5.41, 5.74) is 11.9. The lowest BCUT2D eigenvalue weighted by Gasteiger charge is -2.18. The number of aromatic nitrogens is 2. The number of rotatable bonds is 4. The summed E-state index contributed by atoms with van der Waals surface area (Å²) in [6.07, 6.45) is 0.851. The molecule has 0 bridgehead atoms. The van der Waals surface area contributed by atoms with Crippen LogP contribution in [0.2, 0.25) is 0 Å². The van der Waals surface area contributed by atoms with E-state index in [1.54, 1.807) is 0 Å². The van der Waals surface area contributed by atoms with E-state index in [0.717, 1.165) is 24.3 Å². The highest BCUT2D eigenvalue weighted by atomic mass is 15.1. The molecular formula is C26H28N2. The van der Waals surface area contributed by atoms with Crippen molar-refractivity contribution in [3.63, 3.8) is 0 Å². The maximum Gasteiger partial charge on any atom is 0.114 e. The topological polar surface area (TPSA) is 17.8 Å². The van der Waals surface area contributed by atoms with Crippen LogP contribution in [0.15, 0.2) is 54.6 Å². The Morgan fingerprint density at radius 2 is 1.39 bits per heavy atom. The lowest BCUT2D eigenvalue weighted by Crippen LogP contribution is -2.10. The molecule has 142 valence electrons. The van der Waals surface area contributed by atoms with Gasteiger partial charge >= 0.3 is 0 Å². The number of hydrogen-bond donors (Lipinski definition) is 0. The molecule has 0 N–H and O–H groups in total. The first-order valence-corrected chi connectivity index (χ1v) is 10.0. The third-order valence-electron chi connectivity index (χ3n) is 6.18. The number of benzene rings is 3. The molecule has 1 aromatic heterocycles. The molecule has 0 saturated heterocycles. The molecule has 0 amide bonds. The minimum Gasteiger partial charge on any atom is -0.323 e. The molecule has 0 atom stereocenters. The lowest BCUT2D eigenvalue weighted by atomic mass is 9.94. The zero-order valence-corrected chi connectivity index (χ0v) is 17.5. The van der Waals surface area contributed by atoms with E-state index in [9.17, 15) is 0 Å². The van der Waals surface area contributed by atoms with Crippen LogP contribution in [-0.4, -0.2) is 9.55 Å². The fraction of sp³-hybridized carbons (Fsp3) is 0.269. The third-order valence-corrected chi connectivity index (χ3v) is 6.18. The van der Waals surface area contributed by atoms with E-state index in [4.69, 9.17) is 4.98 Å². The summed E-state index contributed by atoms with van der Waals surface area (Å²) in [4.78, 5) is 5.01. The Hall–Kier alpha value is -2.87. The van der Waals surface area contributed by atoms with Gasteiger partial charge in [-0.25, -0.2) is 4.98 Å². The molecule has 0 fully saturated rings. The molecule has 28 heavy (non-hydrogen) atoms. The second kappa shape index (κ2) is 7.27. The first-order chi connectivity index (χ1) is 13.5. The SMILES string of the molecule is Cc1ccccc1Cc1nc2ccccc2n1Cc1c(C)c(C)cc(C)c1C. The van der Waals surface area contributed by atoms with E-state index in [-0.39, 0.29) is 0 Å². The van der Waals surface area contributed by atoms with E-state index < -0.39 is 0 Å². The van der Waals surface area contributed by atoms with E-state index >= 15 is 0 Å². The maximum absolute atomic E-state index is 5.01. The average Bonchev–Trinajstić information content (AvgIpc) is 3.02. The molecular weight excluding hydrogens is 340 g/mol. The summed E-state index contributed by atoms with van der Waals surface area (Å²) in [5.74, 6) is 1.13. The normalized spacial score (nSPS) is 11.3. The van der Waals surface area contributed by atoms with Crippen LogP contribution < -0.4 is 0 Å². The van der Waals surface area contributed by atoms with Gasteiger partial charge < -0.3 is 4.57 Å². The second-order valence-electron chi connectivity index (χ2n) is 7.95. The molecule has 0 aliphatic carbocycles. The van der Waals surface area contributed by atoms with Gasteiger partial charge in [0.2, 0.25) is 0 Å². The van der Waals surface area contributed by atoms with Gasteiger partial charge in [-0.1, -0.05) is 42.5 Å². The zero-order valence-electron chi connectivity index (χ0n) is 17.5. The van der Waals surface area contributed by atoms with Crippen molar-refractivity contribution in [1.82, 2.24) is 9.55 Å². The van der Waals surface area contributed by atoms with Crippen molar-refractivity contribution >= 4 is 11.0 Å². The van der Waals surface area contributed by atoms with Crippen LogP contribution in [-0.2, 0) is 13.0 Å². The molecule has 2 nitrogen and oxygen atoms in total. The van der Waals surface area contributed by atoms with E-state index in [1.807, 2.05) is 0 Å². The van der Waals surface area contributed by atoms with Gasteiger partial charge in [-0.05, 0) is 85.7 Å².